The monoisotopic (exact) mass is 219 g/mol. The second-order valence-corrected chi connectivity index (χ2v) is 3.45. The first-order valence-electron chi connectivity index (χ1n) is 5.24. The first-order chi connectivity index (χ1) is 7.76. The molecule has 0 radical (unpaired) electrons. The van der Waals surface area contributed by atoms with Gasteiger partial charge in [0.05, 0.1) is 7.11 Å². The lowest BCUT2D eigenvalue weighted by Gasteiger charge is -2.18. The summed E-state index contributed by atoms with van der Waals surface area (Å²) in [5.41, 5.74) is 1.17. The second kappa shape index (κ2) is 6.67. The van der Waals surface area contributed by atoms with Crippen LogP contribution in [0.4, 0.5) is 0 Å². The molecule has 1 aromatic carbocycles. The summed E-state index contributed by atoms with van der Waals surface area (Å²) in [5.74, 6) is -0.228. The molecule has 0 saturated carbocycles. The highest BCUT2D eigenvalue weighted by Gasteiger charge is 2.06. The van der Waals surface area contributed by atoms with Crippen LogP contribution in [0.2, 0.25) is 0 Å². The van der Waals surface area contributed by atoms with Crippen molar-refractivity contribution in [2.75, 3.05) is 13.7 Å². The van der Waals surface area contributed by atoms with E-state index >= 15 is 0 Å². The van der Waals surface area contributed by atoms with E-state index < -0.39 is 0 Å². The highest BCUT2D eigenvalue weighted by atomic mass is 16.5. The fourth-order valence-electron chi connectivity index (χ4n) is 1.42. The molecule has 0 saturated heterocycles. The lowest BCUT2D eigenvalue weighted by atomic mass is 10.2. The Morgan fingerprint density at radius 2 is 2.06 bits per heavy atom. The Labute approximate surface area is 96.3 Å². The van der Waals surface area contributed by atoms with Gasteiger partial charge in [-0.15, -0.1) is 0 Å². The highest BCUT2D eigenvalue weighted by Crippen LogP contribution is 2.04. The quantitative estimate of drug-likeness (QED) is 0.711. The average Bonchev–Trinajstić information content (AvgIpc) is 2.30. The molecule has 0 unspecified atom stereocenters. The van der Waals surface area contributed by atoms with Gasteiger partial charge in [0, 0.05) is 6.54 Å². The lowest BCUT2D eigenvalue weighted by molar-refractivity contribution is -0.141. The molecule has 86 valence electrons. The minimum Gasteiger partial charge on any atom is -0.468 e. The molecule has 0 fully saturated rings. The van der Waals surface area contributed by atoms with Gasteiger partial charge in [0.15, 0.2) is 0 Å². The Morgan fingerprint density at radius 3 is 2.62 bits per heavy atom. The largest absolute Gasteiger partial charge is 0.468 e. The summed E-state index contributed by atoms with van der Waals surface area (Å²) in [6, 6.07) is 10.0. The zero-order valence-electron chi connectivity index (χ0n) is 9.72. The molecule has 0 N–H and O–H groups in total. The molecule has 3 heteroatoms. The number of carbonyl (C=O) groups is 1. The van der Waals surface area contributed by atoms with Crippen molar-refractivity contribution < 1.29 is 9.53 Å². The highest BCUT2D eigenvalue weighted by molar-refractivity contribution is 5.71. The Morgan fingerprint density at radius 1 is 1.38 bits per heavy atom. The van der Waals surface area contributed by atoms with Crippen LogP contribution in [0.15, 0.2) is 42.6 Å². The summed E-state index contributed by atoms with van der Waals surface area (Å²) in [4.78, 5) is 13.1. The summed E-state index contributed by atoms with van der Waals surface area (Å²) in [5, 5.41) is 0. The molecule has 0 bridgehead atoms. The van der Waals surface area contributed by atoms with Crippen LogP contribution < -0.4 is 0 Å². The third-order valence-electron chi connectivity index (χ3n) is 2.15. The topological polar surface area (TPSA) is 29.5 Å². The number of rotatable bonds is 5. The van der Waals surface area contributed by atoms with Crippen LogP contribution in [-0.2, 0) is 16.1 Å². The summed E-state index contributed by atoms with van der Waals surface area (Å²) < 4.78 is 4.65. The Balaban J connectivity index is 2.61. The summed E-state index contributed by atoms with van der Waals surface area (Å²) in [6.45, 7) is 2.91. The molecule has 0 aliphatic heterocycles. The van der Waals surface area contributed by atoms with E-state index in [0.29, 0.717) is 6.54 Å². The SMILES string of the molecule is CC=CN(CC(=O)OC)Cc1ccccc1. The van der Waals surface area contributed by atoms with Gasteiger partial charge in [-0.3, -0.25) is 4.79 Å². The second-order valence-electron chi connectivity index (χ2n) is 3.45. The standard InChI is InChI=1S/C13H17NO2/c1-3-9-14(11-13(15)16-2)10-12-7-5-4-6-8-12/h3-9H,10-11H2,1-2H3. The minimum absolute atomic E-state index is 0.228. The predicted molar refractivity (Wildman–Crippen MR) is 63.7 cm³/mol. The van der Waals surface area contributed by atoms with Crippen molar-refractivity contribution in [2.24, 2.45) is 0 Å². The molecule has 1 rings (SSSR count). The van der Waals surface area contributed by atoms with Crippen LogP contribution in [0.5, 0.6) is 0 Å². The summed E-state index contributed by atoms with van der Waals surface area (Å²) >= 11 is 0. The normalized spacial score (nSPS) is 10.4. The third-order valence-corrected chi connectivity index (χ3v) is 2.15. The minimum atomic E-state index is -0.228. The van der Waals surface area contributed by atoms with Gasteiger partial charge in [0.2, 0.25) is 0 Å². The van der Waals surface area contributed by atoms with E-state index in [1.807, 2.05) is 54.4 Å². The fourth-order valence-corrected chi connectivity index (χ4v) is 1.42. The number of hydrogen-bond acceptors (Lipinski definition) is 3. The maximum atomic E-state index is 11.2. The van der Waals surface area contributed by atoms with Gasteiger partial charge in [-0.05, 0) is 18.7 Å². The van der Waals surface area contributed by atoms with Gasteiger partial charge in [-0.2, -0.15) is 0 Å². The van der Waals surface area contributed by atoms with E-state index in [1.54, 1.807) is 0 Å². The van der Waals surface area contributed by atoms with Crippen molar-refractivity contribution >= 4 is 5.97 Å². The maximum absolute atomic E-state index is 11.2. The summed E-state index contributed by atoms with van der Waals surface area (Å²) in [6.07, 6.45) is 3.80. The molecule has 0 amide bonds. The average molecular weight is 219 g/mol. The van der Waals surface area contributed by atoms with E-state index in [2.05, 4.69) is 4.74 Å². The van der Waals surface area contributed by atoms with E-state index in [0.717, 1.165) is 0 Å². The van der Waals surface area contributed by atoms with Crippen molar-refractivity contribution in [3.63, 3.8) is 0 Å². The van der Waals surface area contributed by atoms with Crippen LogP contribution in [0.25, 0.3) is 0 Å². The van der Waals surface area contributed by atoms with Crippen molar-refractivity contribution in [3.05, 3.63) is 48.2 Å². The van der Waals surface area contributed by atoms with E-state index in [1.165, 1.54) is 12.7 Å². The molecule has 16 heavy (non-hydrogen) atoms. The third kappa shape index (κ3) is 4.17. The number of allylic oxidation sites excluding steroid dienone is 1. The van der Waals surface area contributed by atoms with Crippen molar-refractivity contribution in [3.8, 4) is 0 Å². The van der Waals surface area contributed by atoms with Crippen LogP contribution in [-0.4, -0.2) is 24.5 Å². The lowest BCUT2D eigenvalue weighted by Crippen LogP contribution is -2.25. The van der Waals surface area contributed by atoms with Gasteiger partial charge >= 0.3 is 5.97 Å². The zero-order chi connectivity index (χ0) is 11.8. The molecule has 0 aromatic heterocycles. The molecule has 0 aliphatic rings. The molecule has 0 heterocycles. The summed E-state index contributed by atoms with van der Waals surface area (Å²) in [7, 11) is 1.40. The first-order valence-corrected chi connectivity index (χ1v) is 5.24. The van der Waals surface area contributed by atoms with Crippen LogP contribution >= 0.6 is 0 Å². The van der Waals surface area contributed by atoms with Gasteiger partial charge in [-0.25, -0.2) is 0 Å². The predicted octanol–water partition coefficient (Wildman–Crippen LogP) is 2.20. The number of carbonyl (C=O) groups excluding carboxylic acids is 1. The number of esters is 1. The van der Waals surface area contributed by atoms with Crippen molar-refractivity contribution in [1.82, 2.24) is 4.90 Å². The molecular weight excluding hydrogens is 202 g/mol. The van der Waals surface area contributed by atoms with Gasteiger partial charge in [-0.1, -0.05) is 36.4 Å². The number of hydrogen-bond donors (Lipinski definition) is 0. The number of methoxy groups -OCH3 is 1. The number of ether oxygens (including phenoxy) is 1. The molecular formula is C13H17NO2. The number of benzene rings is 1. The molecule has 3 nitrogen and oxygen atoms in total. The zero-order valence-corrected chi connectivity index (χ0v) is 9.72. The van der Waals surface area contributed by atoms with Crippen LogP contribution in [0, 0.1) is 0 Å². The van der Waals surface area contributed by atoms with Crippen molar-refractivity contribution in [2.45, 2.75) is 13.5 Å². The Kier molecular flexibility index (Phi) is 5.12. The fraction of sp³-hybridized carbons (Fsp3) is 0.308. The smallest absolute Gasteiger partial charge is 0.325 e. The molecule has 0 spiro atoms. The van der Waals surface area contributed by atoms with Crippen LogP contribution in [0.3, 0.4) is 0 Å². The van der Waals surface area contributed by atoms with E-state index in [4.69, 9.17) is 0 Å². The van der Waals surface area contributed by atoms with Gasteiger partial charge in [0.25, 0.3) is 0 Å². The molecule has 1 aromatic rings. The van der Waals surface area contributed by atoms with E-state index in [-0.39, 0.29) is 12.5 Å². The van der Waals surface area contributed by atoms with Gasteiger partial charge in [0.1, 0.15) is 6.54 Å². The van der Waals surface area contributed by atoms with Crippen LogP contribution in [0.1, 0.15) is 12.5 Å². The number of nitrogens with zero attached hydrogens (tertiary/aromatic N) is 1. The molecule has 0 aliphatic carbocycles. The van der Waals surface area contributed by atoms with E-state index in [9.17, 15) is 4.79 Å². The van der Waals surface area contributed by atoms with Gasteiger partial charge < -0.3 is 9.64 Å². The Hall–Kier alpha value is -1.77. The molecule has 0 atom stereocenters. The first kappa shape index (κ1) is 12.3. The van der Waals surface area contributed by atoms with Crippen molar-refractivity contribution in [1.29, 1.82) is 0 Å². The maximum Gasteiger partial charge on any atom is 0.325 e. The Bertz CT molecular complexity index is 346.